The number of hydrogen-bond donors (Lipinski definition) is 3. The molecule has 11 nitrogen and oxygen atoms in total. The molecular formula is C17H16N6O5S4. The number of rotatable bonds is 7. The Hall–Kier alpha value is -2.49. The van der Waals surface area contributed by atoms with Crippen LogP contribution < -0.4 is 10.6 Å². The first-order chi connectivity index (χ1) is 15.2. The number of carboxylic acids is 1. The van der Waals surface area contributed by atoms with Crippen LogP contribution in [0.5, 0.6) is 0 Å². The maximum Gasteiger partial charge on any atom is 0.353 e. The summed E-state index contributed by atoms with van der Waals surface area (Å²) in [5, 5.41) is 25.2. The van der Waals surface area contributed by atoms with E-state index in [1.165, 1.54) is 58.0 Å². The highest BCUT2D eigenvalue weighted by atomic mass is 32.2. The molecule has 32 heavy (non-hydrogen) atoms. The Labute approximate surface area is 198 Å². The molecule has 3 amide bonds. The summed E-state index contributed by atoms with van der Waals surface area (Å²) in [7, 11) is 0. The third-order valence-electron chi connectivity index (χ3n) is 4.35. The number of aryl methyl sites for hydroxylation is 1. The van der Waals surface area contributed by atoms with Crippen LogP contribution in [0.4, 0.5) is 5.13 Å². The molecule has 2 aromatic heterocycles. The average molecular weight is 513 g/mol. The Bertz CT molecular complexity index is 1140. The lowest BCUT2D eigenvalue weighted by Gasteiger charge is -2.49. The predicted octanol–water partition coefficient (Wildman–Crippen LogP) is 1.29. The molecule has 0 aromatic carbocycles. The molecule has 0 radical (unpaired) electrons. The number of hydrogen-bond acceptors (Lipinski definition) is 11. The van der Waals surface area contributed by atoms with Crippen molar-refractivity contribution in [2.45, 2.75) is 36.0 Å². The number of nitrogens with zero attached hydrogens (tertiary/aromatic N) is 4. The van der Waals surface area contributed by atoms with Crippen LogP contribution in [0, 0.1) is 6.92 Å². The second kappa shape index (κ2) is 9.17. The quantitative estimate of drug-likeness (QED) is 0.462. The number of aliphatic carboxylic acids is 1. The molecule has 0 aliphatic carbocycles. The Morgan fingerprint density at radius 3 is 2.78 bits per heavy atom. The molecular weight excluding hydrogens is 496 g/mol. The number of fused-ring (bicyclic) bond motifs is 1. The van der Waals surface area contributed by atoms with Crippen LogP contribution in [0.3, 0.4) is 0 Å². The number of anilines is 1. The van der Waals surface area contributed by atoms with Crippen molar-refractivity contribution in [1.29, 1.82) is 0 Å². The predicted molar refractivity (Wildman–Crippen MR) is 120 cm³/mol. The number of amides is 3. The lowest BCUT2D eigenvalue weighted by molar-refractivity contribution is -0.150. The van der Waals surface area contributed by atoms with Gasteiger partial charge in [-0.1, -0.05) is 23.1 Å². The molecule has 2 aliphatic rings. The third-order valence-corrected chi connectivity index (χ3v) is 8.59. The van der Waals surface area contributed by atoms with Crippen LogP contribution in [0.15, 0.2) is 20.3 Å². The van der Waals surface area contributed by atoms with Crippen molar-refractivity contribution >= 4 is 75.0 Å². The lowest BCUT2D eigenvalue weighted by atomic mass is 10.0. The van der Waals surface area contributed by atoms with E-state index in [-0.39, 0.29) is 18.0 Å². The number of carbonyl (C=O) groups excluding carboxylic acids is 3. The number of carboxylic acid groups (broad SMARTS) is 1. The first kappa shape index (κ1) is 22.7. The van der Waals surface area contributed by atoms with Crippen molar-refractivity contribution in [3.8, 4) is 0 Å². The van der Waals surface area contributed by atoms with Crippen molar-refractivity contribution in [3.05, 3.63) is 26.7 Å². The summed E-state index contributed by atoms with van der Waals surface area (Å²) in [6.45, 7) is 3.17. The second-order valence-corrected chi connectivity index (χ2v) is 11.2. The van der Waals surface area contributed by atoms with Crippen LogP contribution in [0.1, 0.15) is 17.6 Å². The fourth-order valence-electron chi connectivity index (χ4n) is 3.08. The van der Waals surface area contributed by atoms with Gasteiger partial charge in [-0.2, -0.15) is 0 Å². The molecule has 2 aromatic rings. The number of thioether (sulfide) groups is 2. The Morgan fingerprint density at radius 2 is 2.12 bits per heavy atom. The molecule has 15 heteroatoms. The van der Waals surface area contributed by atoms with Gasteiger partial charge in [-0.25, -0.2) is 9.78 Å². The van der Waals surface area contributed by atoms with Crippen LogP contribution in [0.2, 0.25) is 0 Å². The summed E-state index contributed by atoms with van der Waals surface area (Å²) < 4.78 is 0.607. The number of thiazole rings is 1. The van der Waals surface area contributed by atoms with E-state index in [9.17, 15) is 24.3 Å². The van der Waals surface area contributed by atoms with Crippen molar-refractivity contribution < 1.29 is 24.3 Å². The highest BCUT2D eigenvalue weighted by Gasteiger charge is 2.54. The highest BCUT2D eigenvalue weighted by molar-refractivity contribution is 8.07. The van der Waals surface area contributed by atoms with E-state index in [0.29, 0.717) is 25.8 Å². The van der Waals surface area contributed by atoms with Gasteiger partial charge in [0.05, 0.1) is 12.1 Å². The molecule has 0 saturated carbocycles. The SMILES string of the molecule is CC(=O)Nc1nc(CC(=O)N[C@@H]2C(=O)N3C(C(=O)O)=C(Sc4nnc(C)s4)CS[C@@H]23)cs1. The summed E-state index contributed by atoms with van der Waals surface area (Å²) in [6, 6.07) is -0.814. The minimum Gasteiger partial charge on any atom is -0.477 e. The van der Waals surface area contributed by atoms with Gasteiger partial charge in [-0.15, -0.1) is 33.3 Å². The van der Waals surface area contributed by atoms with Crippen molar-refractivity contribution in [3.63, 3.8) is 0 Å². The largest absolute Gasteiger partial charge is 0.477 e. The van der Waals surface area contributed by atoms with Crippen LogP contribution >= 0.6 is 46.2 Å². The zero-order valence-corrected chi connectivity index (χ0v) is 19.9. The highest BCUT2D eigenvalue weighted by Crippen LogP contribution is 2.45. The van der Waals surface area contributed by atoms with Gasteiger partial charge >= 0.3 is 5.97 Å². The van der Waals surface area contributed by atoms with Gasteiger partial charge in [0.25, 0.3) is 5.91 Å². The van der Waals surface area contributed by atoms with Gasteiger partial charge < -0.3 is 15.7 Å². The lowest BCUT2D eigenvalue weighted by Crippen LogP contribution is -2.70. The van der Waals surface area contributed by atoms with E-state index >= 15 is 0 Å². The Morgan fingerprint density at radius 1 is 1.34 bits per heavy atom. The number of aromatic nitrogens is 3. The Balaban J connectivity index is 1.42. The summed E-state index contributed by atoms with van der Waals surface area (Å²) in [6.07, 6.45) is -0.0591. The number of carbonyl (C=O) groups is 4. The summed E-state index contributed by atoms with van der Waals surface area (Å²) in [5.74, 6) is -1.97. The zero-order chi connectivity index (χ0) is 23.0. The molecule has 3 N–H and O–H groups in total. The number of nitrogens with one attached hydrogen (secondary N) is 2. The van der Waals surface area contributed by atoms with Gasteiger partial charge in [0, 0.05) is 23.0 Å². The molecule has 0 unspecified atom stereocenters. The zero-order valence-electron chi connectivity index (χ0n) is 16.6. The summed E-state index contributed by atoms with van der Waals surface area (Å²) in [4.78, 5) is 54.0. The third kappa shape index (κ3) is 4.65. The molecule has 2 aliphatic heterocycles. The smallest absolute Gasteiger partial charge is 0.353 e. The molecule has 4 heterocycles. The monoisotopic (exact) mass is 512 g/mol. The minimum absolute atomic E-state index is 0.0591. The molecule has 0 spiro atoms. The molecule has 4 rings (SSSR count). The first-order valence-electron chi connectivity index (χ1n) is 9.13. The van der Waals surface area contributed by atoms with Crippen molar-refractivity contribution in [1.82, 2.24) is 25.4 Å². The standard InChI is InChI=1S/C17H16N6O5S4/c1-6(24)18-16-19-8(4-30-16)3-10(25)20-11-13(26)23-12(15(27)28)9(5-29-14(11)23)32-17-22-21-7(2)31-17/h4,11,14H,3,5H2,1-2H3,(H,20,25)(H,27,28)(H,18,19,24)/t11-,14+/m1/s1. The second-order valence-electron chi connectivity index (χ2n) is 6.72. The molecule has 168 valence electrons. The van der Waals surface area contributed by atoms with E-state index < -0.39 is 29.2 Å². The van der Waals surface area contributed by atoms with E-state index in [1.807, 2.05) is 0 Å². The van der Waals surface area contributed by atoms with E-state index in [4.69, 9.17) is 0 Å². The van der Waals surface area contributed by atoms with E-state index in [0.717, 1.165) is 5.01 Å². The number of β-lactam (4-membered cyclic amide) rings is 1. The fourth-order valence-corrected chi connectivity index (χ4v) is 7.29. The van der Waals surface area contributed by atoms with Crippen LogP contribution in [-0.4, -0.2) is 66.0 Å². The fraction of sp³-hybridized carbons (Fsp3) is 0.353. The van der Waals surface area contributed by atoms with Gasteiger partial charge in [0.2, 0.25) is 11.8 Å². The van der Waals surface area contributed by atoms with Gasteiger partial charge in [0.15, 0.2) is 9.47 Å². The molecule has 2 atom stereocenters. The van der Waals surface area contributed by atoms with Gasteiger partial charge in [-0.05, 0) is 6.92 Å². The summed E-state index contributed by atoms with van der Waals surface area (Å²) >= 11 is 5.12. The van der Waals surface area contributed by atoms with Gasteiger partial charge in [-0.3, -0.25) is 19.3 Å². The Kier molecular flexibility index (Phi) is 6.50. The van der Waals surface area contributed by atoms with E-state index in [2.05, 4.69) is 25.8 Å². The topological polar surface area (TPSA) is 154 Å². The van der Waals surface area contributed by atoms with Gasteiger partial charge in [0.1, 0.15) is 22.1 Å². The molecule has 1 saturated heterocycles. The first-order valence-corrected chi connectivity index (χ1v) is 12.7. The van der Waals surface area contributed by atoms with Crippen molar-refractivity contribution in [2.24, 2.45) is 0 Å². The van der Waals surface area contributed by atoms with Crippen LogP contribution in [0.25, 0.3) is 0 Å². The maximum absolute atomic E-state index is 12.7. The molecule has 0 bridgehead atoms. The normalized spacial score (nSPS) is 19.9. The molecule has 1 fully saturated rings. The maximum atomic E-state index is 12.7. The van der Waals surface area contributed by atoms with E-state index in [1.54, 1.807) is 12.3 Å². The van der Waals surface area contributed by atoms with Crippen LogP contribution in [-0.2, 0) is 25.6 Å². The average Bonchev–Trinajstić information content (AvgIpc) is 3.33. The van der Waals surface area contributed by atoms with Crippen molar-refractivity contribution in [2.75, 3.05) is 11.1 Å². The minimum atomic E-state index is -1.20. The summed E-state index contributed by atoms with van der Waals surface area (Å²) in [5.41, 5.74) is 0.384.